The molecule has 1 saturated heterocycles. The van der Waals surface area contributed by atoms with Gasteiger partial charge in [-0.25, -0.2) is 0 Å². The van der Waals surface area contributed by atoms with Crippen LogP contribution in [0.5, 0.6) is 0 Å². The van der Waals surface area contributed by atoms with E-state index in [0.717, 1.165) is 5.33 Å². The maximum atomic E-state index is 12.5. The lowest BCUT2D eigenvalue weighted by atomic mass is 9.95. The van der Waals surface area contributed by atoms with E-state index in [2.05, 4.69) is 31.9 Å². The number of ether oxygens (including phenoxy) is 1. The van der Waals surface area contributed by atoms with Crippen molar-refractivity contribution in [1.29, 1.82) is 0 Å². The minimum absolute atomic E-state index is 0.0289. The maximum Gasteiger partial charge on any atom is 0.301 e. The molecule has 0 aromatic rings. The Labute approximate surface area is 87.1 Å². The summed E-state index contributed by atoms with van der Waals surface area (Å²) in [5.74, 6) is 0.201. The van der Waals surface area contributed by atoms with Crippen molar-refractivity contribution < 1.29 is 13.5 Å². The van der Waals surface area contributed by atoms with Crippen molar-refractivity contribution >= 4 is 31.9 Å². The van der Waals surface area contributed by atoms with Gasteiger partial charge in [-0.1, -0.05) is 15.9 Å². The molecule has 0 bridgehead atoms. The van der Waals surface area contributed by atoms with Crippen LogP contribution in [0.15, 0.2) is 0 Å². The van der Waals surface area contributed by atoms with Gasteiger partial charge in [0.2, 0.25) is 0 Å². The Morgan fingerprint density at radius 2 is 1.92 bits per heavy atom. The van der Waals surface area contributed by atoms with Gasteiger partial charge in [0, 0.05) is 11.8 Å². The highest BCUT2D eigenvalue weighted by Gasteiger charge is 2.36. The molecule has 2 atom stereocenters. The molecule has 12 heavy (non-hydrogen) atoms. The van der Waals surface area contributed by atoms with Crippen LogP contribution in [-0.4, -0.2) is 23.4 Å². The van der Waals surface area contributed by atoms with Crippen LogP contribution in [0.2, 0.25) is 0 Å². The van der Waals surface area contributed by atoms with Gasteiger partial charge in [0.25, 0.3) is 0 Å². The summed E-state index contributed by atoms with van der Waals surface area (Å²) in [5, 5.41) is 0.737. The van der Waals surface area contributed by atoms with Crippen LogP contribution in [0.4, 0.5) is 8.78 Å². The van der Waals surface area contributed by atoms with Gasteiger partial charge < -0.3 is 4.74 Å². The highest BCUT2D eigenvalue weighted by atomic mass is 79.9. The minimum Gasteiger partial charge on any atom is -0.381 e. The number of rotatable bonds is 3. The van der Waals surface area contributed by atoms with E-state index in [1.165, 1.54) is 0 Å². The Morgan fingerprint density at radius 3 is 2.42 bits per heavy atom. The molecule has 5 heteroatoms. The smallest absolute Gasteiger partial charge is 0.301 e. The molecule has 0 spiro atoms. The predicted molar refractivity (Wildman–Crippen MR) is 50.1 cm³/mol. The Balaban J connectivity index is 2.41. The minimum atomic E-state index is -2.74. The van der Waals surface area contributed by atoms with Crippen molar-refractivity contribution in [3.63, 3.8) is 0 Å². The summed E-state index contributed by atoms with van der Waals surface area (Å²) < 4.78 is 30.2. The molecule has 1 rings (SSSR count). The lowest BCUT2D eigenvalue weighted by molar-refractivity contribution is 0.0741. The van der Waals surface area contributed by atoms with E-state index in [0.29, 0.717) is 13.2 Å². The third kappa shape index (κ3) is 3.26. The number of hydrogen-bond acceptors (Lipinski definition) is 1. The Bertz CT molecular complexity index is 149. The van der Waals surface area contributed by atoms with E-state index in [1.807, 2.05) is 0 Å². The summed E-state index contributed by atoms with van der Waals surface area (Å²) >= 11 is 5.62. The molecule has 2 unspecified atom stereocenters. The van der Waals surface area contributed by atoms with Crippen LogP contribution in [0.3, 0.4) is 0 Å². The summed E-state index contributed by atoms with van der Waals surface area (Å²) in [4.78, 5) is -2.74. The van der Waals surface area contributed by atoms with Gasteiger partial charge >= 0.3 is 4.83 Å². The first kappa shape index (κ1) is 10.9. The van der Waals surface area contributed by atoms with E-state index in [1.54, 1.807) is 0 Å². The second-order valence-electron chi connectivity index (χ2n) is 3.03. The quantitative estimate of drug-likeness (QED) is 0.728. The van der Waals surface area contributed by atoms with Crippen molar-refractivity contribution in [2.75, 3.05) is 18.5 Å². The fraction of sp³-hybridized carbons (Fsp3) is 1.00. The fourth-order valence-corrected chi connectivity index (χ4v) is 2.47. The van der Waals surface area contributed by atoms with Crippen LogP contribution >= 0.6 is 31.9 Å². The number of hydrogen-bond donors (Lipinski definition) is 0. The number of halogens is 4. The predicted octanol–water partition coefficient (Wildman–Crippen LogP) is 3.02. The van der Waals surface area contributed by atoms with Gasteiger partial charge in [0.1, 0.15) is 0 Å². The van der Waals surface area contributed by atoms with Gasteiger partial charge in [-0.15, -0.1) is 0 Å². The van der Waals surface area contributed by atoms with Crippen molar-refractivity contribution in [3.05, 3.63) is 0 Å². The molecule has 0 aromatic heterocycles. The van der Waals surface area contributed by atoms with Crippen LogP contribution in [-0.2, 0) is 4.74 Å². The van der Waals surface area contributed by atoms with Gasteiger partial charge in [0.15, 0.2) is 0 Å². The van der Waals surface area contributed by atoms with E-state index in [4.69, 9.17) is 4.74 Å². The molecule has 0 aromatic carbocycles. The van der Waals surface area contributed by atoms with E-state index < -0.39 is 4.83 Å². The van der Waals surface area contributed by atoms with Crippen LogP contribution in [0.1, 0.15) is 6.42 Å². The van der Waals surface area contributed by atoms with Crippen molar-refractivity contribution in [2.24, 2.45) is 11.8 Å². The SMILES string of the molecule is FC(F)(Br)CC1COCC1CBr. The lowest BCUT2D eigenvalue weighted by Crippen LogP contribution is -2.20. The Kier molecular flexibility index (Phi) is 3.92. The average Bonchev–Trinajstić information content (AvgIpc) is 2.31. The van der Waals surface area contributed by atoms with Gasteiger partial charge in [-0.2, -0.15) is 8.78 Å². The molecule has 1 aliphatic heterocycles. The highest BCUT2D eigenvalue weighted by molar-refractivity contribution is 9.10. The maximum absolute atomic E-state index is 12.5. The molecular formula is C7H10Br2F2O. The molecule has 0 aliphatic carbocycles. The zero-order valence-corrected chi connectivity index (χ0v) is 9.58. The van der Waals surface area contributed by atoms with E-state index in [9.17, 15) is 8.78 Å². The summed E-state index contributed by atoms with van der Waals surface area (Å²) in [5.41, 5.74) is 0. The molecule has 0 N–H and O–H groups in total. The molecule has 0 saturated carbocycles. The molecule has 0 radical (unpaired) electrons. The first-order valence-corrected chi connectivity index (χ1v) is 5.65. The third-order valence-electron chi connectivity index (χ3n) is 2.02. The molecular weight excluding hydrogens is 298 g/mol. The average molecular weight is 308 g/mol. The zero-order chi connectivity index (χ0) is 9.19. The van der Waals surface area contributed by atoms with Crippen molar-refractivity contribution in [3.8, 4) is 0 Å². The number of alkyl halides is 4. The fourth-order valence-electron chi connectivity index (χ4n) is 1.34. The van der Waals surface area contributed by atoms with Crippen molar-refractivity contribution in [2.45, 2.75) is 11.3 Å². The third-order valence-corrected chi connectivity index (χ3v) is 3.18. The Morgan fingerprint density at radius 1 is 1.33 bits per heavy atom. The van der Waals surface area contributed by atoms with E-state index >= 15 is 0 Å². The van der Waals surface area contributed by atoms with Gasteiger partial charge in [-0.05, 0) is 27.8 Å². The zero-order valence-electron chi connectivity index (χ0n) is 6.40. The molecule has 72 valence electrons. The molecule has 1 aliphatic rings. The van der Waals surface area contributed by atoms with Gasteiger partial charge in [-0.3, -0.25) is 0 Å². The first-order chi connectivity index (χ1) is 5.53. The summed E-state index contributed by atoms with van der Waals surface area (Å²) in [6.45, 7) is 1.05. The van der Waals surface area contributed by atoms with E-state index in [-0.39, 0.29) is 18.3 Å². The largest absolute Gasteiger partial charge is 0.381 e. The summed E-state index contributed by atoms with van der Waals surface area (Å²) in [7, 11) is 0. The molecule has 1 heterocycles. The molecule has 1 fully saturated rings. The molecule has 0 amide bonds. The summed E-state index contributed by atoms with van der Waals surface area (Å²) in [6.07, 6.45) is -0.136. The second-order valence-corrected chi connectivity index (χ2v) is 4.84. The highest BCUT2D eigenvalue weighted by Crippen LogP contribution is 2.36. The normalized spacial score (nSPS) is 31.0. The Hall–Kier alpha value is 0.780. The van der Waals surface area contributed by atoms with Crippen LogP contribution in [0, 0.1) is 11.8 Å². The second kappa shape index (κ2) is 4.33. The lowest BCUT2D eigenvalue weighted by Gasteiger charge is -2.17. The van der Waals surface area contributed by atoms with Gasteiger partial charge in [0.05, 0.1) is 13.2 Å². The molecule has 1 nitrogen and oxygen atoms in total. The summed E-state index contributed by atoms with van der Waals surface area (Å²) in [6, 6.07) is 0. The van der Waals surface area contributed by atoms with Crippen LogP contribution < -0.4 is 0 Å². The van der Waals surface area contributed by atoms with Crippen molar-refractivity contribution in [1.82, 2.24) is 0 Å². The topological polar surface area (TPSA) is 9.23 Å². The standard InChI is InChI=1S/C7H10Br2F2O/c8-2-6-4-12-3-5(6)1-7(9,10)11/h5-6H,1-4H2. The van der Waals surface area contributed by atoms with Crippen LogP contribution in [0.25, 0.3) is 0 Å². The monoisotopic (exact) mass is 306 g/mol. The first-order valence-electron chi connectivity index (χ1n) is 3.73.